The van der Waals surface area contributed by atoms with Crippen LogP contribution in [-0.4, -0.2) is 22.9 Å². The zero-order valence-corrected chi connectivity index (χ0v) is 13.7. The molecule has 20 heavy (non-hydrogen) atoms. The number of hydrogen-bond donors (Lipinski definition) is 0. The van der Waals surface area contributed by atoms with Gasteiger partial charge in [0.1, 0.15) is 5.82 Å². The number of para-hydroxylation sites is 1. The van der Waals surface area contributed by atoms with Gasteiger partial charge in [-0.15, -0.1) is 24.0 Å². The summed E-state index contributed by atoms with van der Waals surface area (Å²) >= 11 is 6.12. The average Bonchev–Trinajstić information content (AvgIpc) is 2.78. The van der Waals surface area contributed by atoms with Gasteiger partial charge in [-0.05, 0) is 32.9 Å². The molecule has 5 heteroatoms. The molecule has 0 aliphatic rings. The largest absolute Gasteiger partial charge is 0.357 e. The highest BCUT2D eigenvalue weighted by Crippen LogP contribution is 2.28. The Morgan fingerprint density at radius 1 is 1.15 bits per heavy atom. The summed E-state index contributed by atoms with van der Waals surface area (Å²) in [6.45, 7) is 8.21. The lowest BCUT2D eigenvalue weighted by molar-refractivity contribution is 0.779. The number of aryl methyl sites for hydroxylation is 1. The van der Waals surface area contributed by atoms with Crippen molar-refractivity contribution in [1.29, 1.82) is 0 Å². The fourth-order valence-corrected chi connectivity index (χ4v) is 2.61. The van der Waals surface area contributed by atoms with Crippen molar-refractivity contribution in [1.82, 2.24) is 9.78 Å². The summed E-state index contributed by atoms with van der Waals surface area (Å²) in [6, 6.07) is 10.2. The van der Waals surface area contributed by atoms with Crippen LogP contribution in [0.1, 0.15) is 25.1 Å². The molecular formula is C15H21Cl2N3. The molecule has 1 aromatic heterocycles. The van der Waals surface area contributed by atoms with Gasteiger partial charge in [-0.2, -0.15) is 5.10 Å². The van der Waals surface area contributed by atoms with Crippen LogP contribution in [0.25, 0.3) is 5.69 Å². The van der Waals surface area contributed by atoms with Crippen LogP contribution in [0, 0.1) is 6.92 Å². The Hall–Kier alpha value is -1.19. The Kier molecular flexibility index (Phi) is 6.37. The molecule has 1 heterocycles. The second-order valence-corrected chi connectivity index (χ2v) is 4.71. The molecule has 0 aliphatic carbocycles. The standard InChI is InChI=1S/C15H20ClN3.ClH/c1-4-18(5-2)15-14(11-16)12(3)17-19(15)13-9-7-6-8-10-13;/h6-10H,4-5,11H2,1-3H3;1H. The highest BCUT2D eigenvalue weighted by atomic mass is 35.5. The van der Waals surface area contributed by atoms with E-state index in [0.717, 1.165) is 35.9 Å². The van der Waals surface area contributed by atoms with Gasteiger partial charge < -0.3 is 4.90 Å². The lowest BCUT2D eigenvalue weighted by Crippen LogP contribution is -2.25. The number of rotatable bonds is 5. The fourth-order valence-electron chi connectivity index (χ4n) is 2.30. The highest BCUT2D eigenvalue weighted by molar-refractivity contribution is 6.17. The van der Waals surface area contributed by atoms with Crippen molar-refractivity contribution in [3.8, 4) is 5.69 Å². The maximum Gasteiger partial charge on any atom is 0.137 e. The van der Waals surface area contributed by atoms with Crippen molar-refractivity contribution in [3.63, 3.8) is 0 Å². The van der Waals surface area contributed by atoms with E-state index in [1.54, 1.807) is 0 Å². The fraction of sp³-hybridized carbons (Fsp3) is 0.400. The third-order valence-electron chi connectivity index (χ3n) is 3.35. The number of nitrogens with zero attached hydrogens (tertiary/aromatic N) is 3. The average molecular weight is 314 g/mol. The molecule has 0 aliphatic heterocycles. The van der Waals surface area contributed by atoms with E-state index < -0.39 is 0 Å². The molecule has 0 spiro atoms. The lowest BCUT2D eigenvalue weighted by atomic mass is 10.2. The molecule has 0 bridgehead atoms. The van der Waals surface area contributed by atoms with E-state index in [-0.39, 0.29) is 12.4 Å². The van der Waals surface area contributed by atoms with Crippen LogP contribution in [0.2, 0.25) is 0 Å². The van der Waals surface area contributed by atoms with Gasteiger partial charge in [0.05, 0.1) is 17.3 Å². The van der Waals surface area contributed by atoms with E-state index in [1.807, 2.05) is 29.8 Å². The van der Waals surface area contributed by atoms with Gasteiger partial charge in [0.25, 0.3) is 0 Å². The number of benzene rings is 1. The molecule has 1 aromatic carbocycles. The maximum absolute atomic E-state index is 6.12. The Balaban J connectivity index is 0.00000200. The monoisotopic (exact) mass is 313 g/mol. The second-order valence-electron chi connectivity index (χ2n) is 4.44. The Morgan fingerprint density at radius 3 is 2.25 bits per heavy atom. The zero-order chi connectivity index (χ0) is 13.8. The summed E-state index contributed by atoms with van der Waals surface area (Å²) in [4.78, 5) is 2.30. The number of hydrogen-bond acceptors (Lipinski definition) is 2. The molecule has 0 fully saturated rings. The summed E-state index contributed by atoms with van der Waals surface area (Å²) < 4.78 is 2.00. The normalized spacial score (nSPS) is 10.2. The third-order valence-corrected chi connectivity index (χ3v) is 3.62. The molecule has 0 amide bonds. The van der Waals surface area contributed by atoms with E-state index in [9.17, 15) is 0 Å². The molecule has 0 N–H and O–H groups in total. The Morgan fingerprint density at radius 2 is 1.75 bits per heavy atom. The molecular weight excluding hydrogens is 293 g/mol. The first kappa shape index (κ1) is 16.9. The second kappa shape index (κ2) is 7.55. The van der Waals surface area contributed by atoms with E-state index in [1.165, 1.54) is 0 Å². The molecule has 0 atom stereocenters. The Bertz CT molecular complexity index is 534. The summed E-state index contributed by atoms with van der Waals surface area (Å²) in [5.41, 5.74) is 3.19. The van der Waals surface area contributed by atoms with Crippen LogP contribution in [-0.2, 0) is 5.88 Å². The SMILES string of the molecule is CCN(CC)c1c(CCl)c(C)nn1-c1ccccc1.Cl. The summed E-state index contributed by atoms with van der Waals surface area (Å²) in [7, 11) is 0. The van der Waals surface area contributed by atoms with Gasteiger partial charge in [-0.1, -0.05) is 18.2 Å². The predicted octanol–water partition coefficient (Wildman–Crippen LogP) is 4.19. The predicted molar refractivity (Wildman–Crippen MR) is 88.7 cm³/mol. The van der Waals surface area contributed by atoms with Crippen molar-refractivity contribution in [2.75, 3.05) is 18.0 Å². The third kappa shape index (κ3) is 3.10. The van der Waals surface area contributed by atoms with Crippen LogP contribution in [0.5, 0.6) is 0 Å². The van der Waals surface area contributed by atoms with Crippen molar-refractivity contribution < 1.29 is 0 Å². The summed E-state index contributed by atoms with van der Waals surface area (Å²) in [5.74, 6) is 1.61. The lowest BCUT2D eigenvalue weighted by Gasteiger charge is -2.23. The van der Waals surface area contributed by atoms with Gasteiger partial charge in [-0.3, -0.25) is 0 Å². The molecule has 110 valence electrons. The van der Waals surface area contributed by atoms with E-state index in [0.29, 0.717) is 5.88 Å². The Labute approximate surface area is 132 Å². The molecule has 0 radical (unpaired) electrons. The minimum atomic E-state index is 0. The van der Waals surface area contributed by atoms with E-state index >= 15 is 0 Å². The van der Waals surface area contributed by atoms with Crippen LogP contribution in [0.15, 0.2) is 30.3 Å². The quantitative estimate of drug-likeness (QED) is 0.772. The maximum atomic E-state index is 6.12. The van der Waals surface area contributed by atoms with Crippen LogP contribution >= 0.6 is 24.0 Å². The number of halogens is 2. The molecule has 2 rings (SSSR count). The van der Waals surface area contributed by atoms with E-state index in [2.05, 4.69) is 36.0 Å². The van der Waals surface area contributed by atoms with Gasteiger partial charge in [-0.25, -0.2) is 4.68 Å². The van der Waals surface area contributed by atoms with Crippen molar-refractivity contribution in [2.45, 2.75) is 26.7 Å². The first-order valence-corrected chi connectivity index (χ1v) is 7.21. The number of alkyl halides is 1. The zero-order valence-electron chi connectivity index (χ0n) is 12.1. The first-order valence-electron chi connectivity index (χ1n) is 6.67. The van der Waals surface area contributed by atoms with E-state index in [4.69, 9.17) is 11.6 Å². The number of anilines is 1. The topological polar surface area (TPSA) is 21.1 Å². The molecule has 0 saturated carbocycles. The highest BCUT2D eigenvalue weighted by Gasteiger charge is 2.19. The molecule has 0 unspecified atom stereocenters. The smallest absolute Gasteiger partial charge is 0.137 e. The van der Waals surface area contributed by atoms with Crippen LogP contribution in [0.4, 0.5) is 5.82 Å². The minimum absolute atomic E-state index is 0. The first-order chi connectivity index (χ1) is 9.22. The number of aromatic nitrogens is 2. The van der Waals surface area contributed by atoms with Gasteiger partial charge >= 0.3 is 0 Å². The molecule has 0 saturated heterocycles. The van der Waals surface area contributed by atoms with Crippen LogP contribution < -0.4 is 4.90 Å². The van der Waals surface area contributed by atoms with Crippen molar-refractivity contribution in [3.05, 3.63) is 41.6 Å². The van der Waals surface area contributed by atoms with Crippen LogP contribution in [0.3, 0.4) is 0 Å². The van der Waals surface area contributed by atoms with Gasteiger partial charge in [0, 0.05) is 18.7 Å². The van der Waals surface area contributed by atoms with Gasteiger partial charge in [0.2, 0.25) is 0 Å². The summed E-state index contributed by atoms with van der Waals surface area (Å²) in [5, 5.41) is 4.66. The van der Waals surface area contributed by atoms with Gasteiger partial charge in [0.15, 0.2) is 0 Å². The van der Waals surface area contributed by atoms with Crippen molar-refractivity contribution >= 4 is 29.8 Å². The van der Waals surface area contributed by atoms with Crippen molar-refractivity contribution in [2.24, 2.45) is 0 Å². The molecule has 2 aromatic rings. The minimum Gasteiger partial charge on any atom is -0.357 e. The summed E-state index contributed by atoms with van der Waals surface area (Å²) in [6.07, 6.45) is 0. The molecule has 3 nitrogen and oxygen atoms in total.